The van der Waals surface area contributed by atoms with Gasteiger partial charge in [0.15, 0.2) is 18.1 Å². The number of methoxy groups -OCH3 is 1. The molecule has 3 aliphatic heterocycles. The van der Waals surface area contributed by atoms with Gasteiger partial charge >= 0.3 is 0 Å². The van der Waals surface area contributed by atoms with E-state index >= 15 is 0 Å². The Labute approximate surface area is 243 Å². The van der Waals surface area contributed by atoms with Crippen LogP contribution in [0.5, 0.6) is 17.2 Å². The number of rotatable bonds is 3. The van der Waals surface area contributed by atoms with E-state index in [-0.39, 0.29) is 36.6 Å². The summed E-state index contributed by atoms with van der Waals surface area (Å²) in [5, 5.41) is 13.2. The Bertz CT molecular complexity index is 1450. The second-order valence-corrected chi connectivity index (χ2v) is 11.1. The van der Waals surface area contributed by atoms with Crippen LogP contribution >= 0.6 is 0 Å². The summed E-state index contributed by atoms with van der Waals surface area (Å²) in [7, 11) is 1.49. The molecule has 1 aromatic heterocycles. The fourth-order valence-electron chi connectivity index (χ4n) is 5.98. The molecule has 1 saturated heterocycles. The normalized spacial score (nSPS) is 21.4. The largest absolute Gasteiger partial charge is 0.493 e. The first kappa shape index (κ1) is 27.6. The van der Waals surface area contributed by atoms with Crippen LogP contribution in [-0.2, 0) is 11.3 Å². The highest BCUT2D eigenvalue weighted by Gasteiger charge is 2.39. The highest BCUT2D eigenvalue weighted by atomic mass is 16.5. The standard InChI is InChI=1S/C31H35N5O6/c1-40-25-12-9-21-13-26(25)41-18-28(37)32-14-19-7-10-22(11-8-19)42-27-17-36(16-24(27)34-30(21)38)31(39)23-15-33-35-29(23)20-5-3-2-4-6-20/h7-13,15,20,24,27H,2-6,14,16-18H2,1H3,(H,32,37)(H,33,35)(H,34,38)/t24-,27-/m0/s1. The molecule has 7 rings (SSSR count). The predicted molar refractivity (Wildman–Crippen MR) is 153 cm³/mol. The van der Waals surface area contributed by atoms with Crippen molar-refractivity contribution in [3.05, 3.63) is 71.0 Å². The summed E-state index contributed by atoms with van der Waals surface area (Å²) in [6.07, 6.45) is 6.73. The predicted octanol–water partition coefficient (Wildman–Crippen LogP) is 3.18. The number of amides is 3. The first-order valence-electron chi connectivity index (χ1n) is 14.4. The van der Waals surface area contributed by atoms with Gasteiger partial charge in [-0.05, 0) is 48.7 Å². The summed E-state index contributed by atoms with van der Waals surface area (Å²) in [4.78, 5) is 41.4. The van der Waals surface area contributed by atoms with Gasteiger partial charge in [0, 0.05) is 24.6 Å². The quantitative estimate of drug-likeness (QED) is 0.438. The average molecular weight is 574 g/mol. The summed E-state index contributed by atoms with van der Waals surface area (Å²) in [5.74, 6) is 0.801. The molecule has 4 heterocycles. The van der Waals surface area contributed by atoms with E-state index in [9.17, 15) is 14.4 Å². The molecule has 0 radical (unpaired) electrons. The van der Waals surface area contributed by atoms with Crippen molar-refractivity contribution in [2.75, 3.05) is 26.8 Å². The van der Waals surface area contributed by atoms with Crippen molar-refractivity contribution in [1.82, 2.24) is 25.7 Å². The molecule has 0 unspecified atom stereocenters. The minimum atomic E-state index is -0.488. The monoisotopic (exact) mass is 573 g/mol. The van der Waals surface area contributed by atoms with E-state index in [2.05, 4.69) is 20.8 Å². The maximum atomic E-state index is 13.8. The van der Waals surface area contributed by atoms with E-state index in [0.29, 0.717) is 41.6 Å². The van der Waals surface area contributed by atoms with E-state index in [4.69, 9.17) is 14.2 Å². The minimum absolute atomic E-state index is 0.122. The van der Waals surface area contributed by atoms with Gasteiger partial charge in [-0.15, -0.1) is 0 Å². The number of carbonyl (C=O) groups excluding carboxylic acids is 3. The van der Waals surface area contributed by atoms with E-state index in [1.807, 2.05) is 24.3 Å². The van der Waals surface area contributed by atoms with Gasteiger partial charge in [-0.3, -0.25) is 19.5 Å². The molecule has 42 heavy (non-hydrogen) atoms. The molecule has 4 aliphatic rings. The number of likely N-dealkylation sites (tertiary alicyclic amines) is 1. The Morgan fingerprint density at radius 1 is 1.05 bits per heavy atom. The van der Waals surface area contributed by atoms with Crippen molar-refractivity contribution in [2.45, 2.75) is 56.7 Å². The van der Waals surface area contributed by atoms with E-state index in [0.717, 1.165) is 36.9 Å². The zero-order valence-electron chi connectivity index (χ0n) is 23.6. The van der Waals surface area contributed by atoms with E-state index in [1.165, 1.54) is 13.5 Å². The Morgan fingerprint density at radius 2 is 1.86 bits per heavy atom. The van der Waals surface area contributed by atoms with Gasteiger partial charge in [-0.2, -0.15) is 5.10 Å². The van der Waals surface area contributed by atoms with Gasteiger partial charge in [-0.1, -0.05) is 31.4 Å². The van der Waals surface area contributed by atoms with Crippen LogP contribution in [0.3, 0.4) is 0 Å². The van der Waals surface area contributed by atoms with Crippen LogP contribution in [0.1, 0.15) is 70.0 Å². The smallest absolute Gasteiger partial charge is 0.258 e. The number of ether oxygens (including phenoxy) is 3. The Kier molecular flexibility index (Phi) is 7.98. The number of nitrogens with one attached hydrogen (secondary N) is 3. The molecular formula is C31H35N5O6. The average Bonchev–Trinajstić information content (AvgIpc) is 3.67. The third-order valence-corrected chi connectivity index (χ3v) is 8.27. The lowest BCUT2D eigenvalue weighted by atomic mass is 9.85. The van der Waals surface area contributed by atoms with E-state index in [1.54, 1.807) is 29.3 Å². The molecule has 4 bridgehead atoms. The van der Waals surface area contributed by atoms with Gasteiger partial charge in [0.1, 0.15) is 11.9 Å². The van der Waals surface area contributed by atoms with Gasteiger partial charge in [-0.25, -0.2) is 0 Å². The van der Waals surface area contributed by atoms with Gasteiger partial charge in [0.2, 0.25) is 0 Å². The molecule has 3 N–H and O–H groups in total. The number of aromatic nitrogens is 2. The summed E-state index contributed by atoms with van der Waals surface area (Å²) in [6.45, 7) is 0.664. The first-order valence-corrected chi connectivity index (χ1v) is 14.4. The number of hydrogen-bond acceptors (Lipinski definition) is 7. The Hall–Kier alpha value is -4.54. The lowest BCUT2D eigenvalue weighted by Gasteiger charge is -2.22. The van der Waals surface area contributed by atoms with Crippen molar-refractivity contribution >= 4 is 17.7 Å². The van der Waals surface area contributed by atoms with Crippen LogP contribution in [0.4, 0.5) is 0 Å². The number of aromatic amines is 1. The molecule has 1 aliphatic carbocycles. The summed E-state index contributed by atoms with van der Waals surface area (Å²) in [5.41, 5.74) is 2.71. The molecule has 0 spiro atoms. The van der Waals surface area contributed by atoms with Crippen LogP contribution in [0, 0.1) is 0 Å². The molecular weight excluding hydrogens is 538 g/mol. The summed E-state index contributed by atoms with van der Waals surface area (Å²) < 4.78 is 17.4. The van der Waals surface area contributed by atoms with Crippen molar-refractivity contribution in [2.24, 2.45) is 0 Å². The van der Waals surface area contributed by atoms with Crippen molar-refractivity contribution in [3.8, 4) is 17.2 Å². The lowest BCUT2D eigenvalue weighted by Crippen LogP contribution is -2.45. The molecule has 3 amide bonds. The molecule has 11 nitrogen and oxygen atoms in total. The van der Waals surface area contributed by atoms with Crippen LogP contribution in [0.25, 0.3) is 0 Å². The fourth-order valence-corrected chi connectivity index (χ4v) is 5.98. The first-order chi connectivity index (χ1) is 20.5. The molecule has 1 saturated carbocycles. The number of H-pyrrole nitrogens is 1. The number of benzene rings is 2. The van der Waals surface area contributed by atoms with Gasteiger partial charge in [0.05, 0.1) is 37.2 Å². The third-order valence-electron chi connectivity index (χ3n) is 8.27. The molecule has 3 aromatic rings. The number of carbonyl (C=O) groups is 3. The highest BCUT2D eigenvalue weighted by molar-refractivity contribution is 5.97. The molecule has 2 fully saturated rings. The van der Waals surface area contributed by atoms with Crippen molar-refractivity contribution < 1.29 is 28.6 Å². The topological polar surface area (TPSA) is 135 Å². The maximum Gasteiger partial charge on any atom is 0.258 e. The van der Waals surface area contributed by atoms with Crippen LogP contribution in [0.2, 0.25) is 0 Å². The fraction of sp³-hybridized carbons (Fsp3) is 0.419. The second kappa shape index (κ2) is 12.1. The van der Waals surface area contributed by atoms with Gasteiger partial charge in [0.25, 0.3) is 17.7 Å². The second-order valence-electron chi connectivity index (χ2n) is 11.1. The van der Waals surface area contributed by atoms with E-state index < -0.39 is 12.1 Å². The SMILES string of the molecule is COc1ccc2cc1OCC(=O)NCc1ccc(cc1)O[C@H]1CN(C(=O)c3cn[nH]c3C3CCCCC3)C[C@@H]1NC2=O. The van der Waals surface area contributed by atoms with Crippen LogP contribution in [-0.4, -0.2) is 71.8 Å². The Morgan fingerprint density at radius 3 is 2.64 bits per heavy atom. The summed E-state index contributed by atoms with van der Waals surface area (Å²) in [6, 6.07) is 11.7. The zero-order chi connectivity index (χ0) is 29.1. The molecule has 11 heteroatoms. The number of fused-ring (bicyclic) bond motifs is 7. The number of nitrogens with zero attached hydrogens (tertiary/aromatic N) is 2. The van der Waals surface area contributed by atoms with Crippen molar-refractivity contribution in [1.29, 1.82) is 0 Å². The Balaban J connectivity index is 1.28. The zero-order valence-corrected chi connectivity index (χ0v) is 23.6. The van der Waals surface area contributed by atoms with Crippen LogP contribution in [0.15, 0.2) is 48.7 Å². The summed E-state index contributed by atoms with van der Waals surface area (Å²) >= 11 is 0. The van der Waals surface area contributed by atoms with Crippen molar-refractivity contribution in [3.63, 3.8) is 0 Å². The van der Waals surface area contributed by atoms with Gasteiger partial charge < -0.3 is 29.7 Å². The molecule has 2 aromatic carbocycles. The third kappa shape index (κ3) is 5.90. The molecule has 2 atom stereocenters. The highest BCUT2D eigenvalue weighted by Crippen LogP contribution is 2.34. The molecule has 220 valence electrons. The lowest BCUT2D eigenvalue weighted by molar-refractivity contribution is -0.123. The maximum absolute atomic E-state index is 13.8. The van der Waals surface area contributed by atoms with Crippen LogP contribution < -0.4 is 24.8 Å². The minimum Gasteiger partial charge on any atom is -0.493 e. The number of hydrogen-bond donors (Lipinski definition) is 3.